The fraction of sp³-hybridized carbons (Fsp3) is 0.600. The molecular formula is C10H14N4O3S. The van der Waals surface area contributed by atoms with E-state index in [1.165, 1.54) is 11.1 Å². The Hall–Kier alpha value is -1.70. The summed E-state index contributed by atoms with van der Waals surface area (Å²) in [5, 5.41) is 15.9. The molecule has 0 spiro atoms. The number of carboxylic acid groups (broad SMARTS) is 1. The highest BCUT2D eigenvalue weighted by molar-refractivity contribution is 7.10. The fourth-order valence-corrected chi connectivity index (χ4v) is 2.60. The number of anilines is 1. The first-order valence-electron chi connectivity index (χ1n) is 5.67. The molecule has 7 nitrogen and oxygen atoms in total. The van der Waals surface area contributed by atoms with Crippen LogP contribution in [-0.2, 0) is 4.79 Å². The van der Waals surface area contributed by atoms with E-state index in [-0.39, 0.29) is 5.92 Å². The third-order valence-electron chi connectivity index (χ3n) is 3.04. The van der Waals surface area contributed by atoms with Gasteiger partial charge >= 0.3 is 12.0 Å². The number of aliphatic carboxylic acids is 1. The monoisotopic (exact) mass is 270 g/mol. The van der Waals surface area contributed by atoms with Crippen molar-refractivity contribution in [2.45, 2.75) is 25.8 Å². The fourth-order valence-electron chi connectivity index (χ4n) is 2.19. The second-order valence-electron chi connectivity index (χ2n) is 4.31. The van der Waals surface area contributed by atoms with Crippen LogP contribution in [0, 0.1) is 5.92 Å². The lowest BCUT2D eigenvalue weighted by Crippen LogP contribution is -2.53. The van der Waals surface area contributed by atoms with Crippen molar-refractivity contribution < 1.29 is 14.7 Å². The van der Waals surface area contributed by atoms with Gasteiger partial charge in [0.2, 0.25) is 0 Å². The summed E-state index contributed by atoms with van der Waals surface area (Å²) < 4.78 is 3.63. The molecule has 0 radical (unpaired) electrons. The maximum absolute atomic E-state index is 12.0. The minimum absolute atomic E-state index is 0.0402. The van der Waals surface area contributed by atoms with E-state index >= 15 is 0 Å². The molecule has 0 aliphatic carbocycles. The van der Waals surface area contributed by atoms with Gasteiger partial charge < -0.3 is 10.0 Å². The first kappa shape index (κ1) is 12.7. The molecule has 2 N–H and O–H groups in total. The lowest BCUT2D eigenvalue weighted by Gasteiger charge is -2.36. The van der Waals surface area contributed by atoms with Crippen LogP contribution in [0.1, 0.15) is 19.8 Å². The predicted octanol–water partition coefficient (Wildman–Crippen LogP) is 1.26. The van der Waals surface area contributed by atoms with E-state index in [1.54, 1.807) is 0 Å². The number of aromatic nitrogens is 2. The third kappa shape index (κ3) is 2.58. The predicted molar refractivity (Wildman–Crippen MR) is 65.5 cm³/mol. The topological polar surface area (TPSA) is 95.4 Å². The Balaban J connectivity index is 2.09. The number of rotatable bonds is 2. The van der Waals surface area contributed by atoms with Gasteiger partial charge in [0.25, 0.3) is 0 Å². The van der Waals surface area contributed by atoms with Gasteiger partial charge in [-0.2, -0.15) is 0 Å². The Morgan fingerprint density at radius 3 is 3.00 bits per heavy atom. The zero-order valence-corrected chi connectivity index (χ0v) is 10.7. The molecule has 8 heteroatoms. The molecule has 2 heterocycles. The van der Waals surface area contributed by atoms with Crippen molar-refractivity contribution in [2.24, 2.45) is 5.92 Å². The number of piperidine rings is 1. The summed E-state index contributed by atoms with van der Waals surface area (Å²) >= 11 is 1.06. The van der Waals surface area contributed by atoms with Gasteiger partial charge in [-0.15, -0.1) is 5.10 Å². The number of amides is 2. The number of carbonyl (C=O) groups is 2. The highest BCUT2D eigenvalue weighted by Crippen LogP contribution is 2.24. The van der Waals surface area contributed by atoms with Crippen molar-refractivity contribution in [3.8, 4) is 0 Å². The van der Waals surface area contributed by atoms with Gasteiger partial charge in [0.15, 0.2) is 0 Å². The molecule has 1 aromatic rings. The molecule has 1 saturated heterocycles. The second-order valence-corrected chi connectivity index (χ2v) is 5.09. The molecule has 0 aromatic carbocycles. The zero-order chi connectivity index (χ0) is 13.1. The molecule has 2 unspecified atom stereocenters. The summed E-state index contributed by atoms with van der Waals surface area (Å²) in [6.45, 7) is 2.31. The van der Waals surface area contributed by atoms with E-state index in [4.69, 9.17) is 0 Å². The Labute approximate surface area is 108 Å². The van der Waals surface area contributed by atoms with E-state index in [1.807, 2.05) is 6.92 Å². The van der Waals surface area contributed by atoms with Crippen LogP contribution in [-0.4, -0.2) is 44.2 Å². The van der Waals surface area contributed by atoms with Crippen LogP contribution in [0.25, 0.3) is 0 Å². The second kappa shape index (κ2) is 5.30. The number of likely N-dealkylation sites (tertiary alicyclic amines) is 1. The summed E-state index contributed by atoms with van der Waals surface area (Å²) in [5.74, 6) is -0.999. The number of urea groups is 1. The molecule has 98 valence electrons. The van der Waals surface area contributed by atoms with Crippen molar-refractivity contribution in [2.75, 3.05) is 11.9 Å². The minimum Gasteiger partial charge on any atom is -0.480 e. The Kier molecular flexibility index (Phi) is 3.75. The van der Waals surface area contributed by atoms with Crippen LogP contribution in [0.15, 0.2) is 6.20 Å². The van der Waals surface area contributed by atoms with Crippen molar-refractivity contribution in [1.29, 1.82) is 0 Å². The average Bonchev–Trinajstić information content (AvgIpc) is 2.80. The van der Waals surface area contributed by atoms with E-state index in [0.29, 0.717) is 11.5 Å². The SMILES string of the molecule is CC1CCCN(C(=O)Nc2cnns2)C1C(=O)O. The van der Waals surface area contributed by atoms with Crippen LogP contribution >= 0.6 is 11.5 Å². The Morgan fingerprint density at radius 1 is 1.61 bits per heavy atom. The van der Waals surface area contributed by atoms with Gasteiger partial charge in [-0.25, -0.2) is 9.59 Å². The maximum atomic E-state index is 12.0. The molecule has 1 aliphatic heterocycles. The molecule has 18 heavy (non-hydrogen) atoms. The molecule has 2 rings (SSSR count). The Bertz CT molecular complexity index is 436. The van der Waals surface area contributed by atoms with Gasteiger partial charge in [-0.05, 0) is 18.8 Å². The highest BCUT2D eigenvalue weighted by Gasteiger charge is 2.37. The number of hydrogen-bond acceptors (Lipinski definition) is 5. The van der Waals surface area contributed by atoms with Gasteiger partial charge in [0, 0.05) is 18.1 Å². The van der Waals surface area contributed by atoms with Crippen molar-refractivity contribution in [3.05, 3.63) is 6.20 Å². The molecule has 0 saturated carbocycles. The van der Waals surface area contributed by atoms with Gasteiger partial charge in [-0.1, -0.05) is 11.4 Å². The molecular weight excluding hydrogens is 256 g/mol. The normalized spacial score (nSPS) is 23.7. The maximum Gasteiger partial charge on any atom is 0.326 e. The number of nitrogens with zero attached hydrogens (tertiary/aromatic N) is 3. The van der Waals surface area contributed by atoms with Crippen molar-refractivity contribution >= 4 is 28.5 Å². The van der Waals surface area contributed by atoms with Crippen molar-refractivity contribution in [1.82, 2.24) is 14.5 Å². The summed E-state index contributed by atoms with van der Waals surface area (Å²) in [6.07, 6.45) is 3.08. The number of carbonyl (C=O) groups excluding carboxylic acids is 1. The molecule has 2 atom stereocenters. The quantitative estimate of drug-likeness (QED) is 0.843. The lowest BCUT2D eigenvalue weighted by atomic mass is 9.91. The van der Waals surface area contributed by atoms with E-state index < -0.39 is 18.0 Å². The largest absolute Gasteiger partial charge is 0.480 e. The summed E-state index contributed by atoms with van der Waals surface area (Å²) in [5.41, 5.74) is 0. The van der Waals surface area contributed by atoms with Gasteiger partial charge in [0.05, 0.1) is 6.20 Å². The molecule has 1 fully saturated rings. The summed E-state index contributed by atoms with van der Waals surface area (Å²) in [6, 6.07) is -1.17. The van der Waals surface area contributed by atoms with Crippen LogP contribution in [0.2, 0.25) is 0 Å². The van der Waals surface area contributed by atoms with Gasteiger partial charge in [-0.3, -0.25) is 5.32 Å². The molecule has 1 aliphatic rings. The standard InChI is InChI=1S/C10H14N4O3S/c1-6-3-2-4-14(8(6)9(15)16)10(17)12-7-5-11-13-18-7/h5-6,8H,2-4H2,1H3,(H,12,17)(H,15,16). The summed E-state index contributed by atoms with van der Waals surface area (Å²) in [7, 11) is 0. The van der Waals surface area contributed by atoms with Crippen LogP contribution in [0.5, 0.6) is 0 Å². The van der Waals surface area contributed by atoms with Crippen LogP contribution in [0.4, 0.5) is 9.80 Å². The van der Waals surface area contributed by atoms with E-state index in [9.17, 15) is 14.7 Å². The van der Waals surface area contributed by atoms with Crippen molar-refractivity contribution in [3.63, 3.8) is 0 Å². The number of carboxylic acids is 1. The first-order valence-corrected chi connectivity index (χ1v) is 6.44. The zero-order valence-electron chi connectivity index (χ0n) is 9.87. The molecule has 1 aromatic heterocycles. The average molecular weight is 270 g/mol. The van der Waals surface area contributed by atoms with Gasteiger partial charge in [0.1, 0.15) is 11.0 Å². The molecule has 0 bridgehead atoms. The lowest BCUT2D eigenvalue weighted by molar-refractivity contribution is -0.145. The van der Waals surface area contributed by atoms with E-state index in [0.717, 1.165) is 24.4 Å². The first-order chi connectivity index (χ1) is 8.59. The highest BCUT2D eigenvalue weighted by atomic mass is 32.1. The summed E-state index contributed by atoms with van der Waals surface area (Å²) in [4.78, 5) is 24.6. The Morgan fingerprint density at radius 2 is 2.39 bits per heavy atom. The number of nitrogens with one attached hydrogen (secondary N) is 1. The van der Waals surface area contributed by atoms with E-state index in [2.05, 4.69) is 14.9 Å². The smallest absolute Gasteiger partial charge is 0.326 e. The van der Waals surface area contributed by atoms with Crippen LogP contribution < -0.4 is 5.32 Å². The molecule has 2 amide bonds. The minimum atomic E-state index is -0.959. The van der Waals surface area contributed by atoms with Crippen LogP contribution in [0.3, 0.4) is 0 Å². The number of hydrogen-bond donors (Lipinski definition) is 2. The third-order valence-corrected chi connectivity index (χ3v) is 3.62.